The molecular formula is C15H12ClNO3S. The van der Waals surface area contributed by atoms with Gasteiger partial charge in [-0.05, 0) is 29.3 Å². The van der Waals surface area contributed by atoms with E-state index in [1.54, 1.807) is 11.0 Å². The molecule has 6 heteroatoms. The second-order valence-electron chi connectivity index (χ2n) is 4.87. The van der Waals surface area contributed by atoms with Crippen molar-refractivity contribution in [3.8, 4) is 0 Å². The van der Waals surface area contributed by atoms with E-state index in [2.05, 4.69) is 0 Å². The summed E-state index contributed by atoms with van der Waals surface area (Å²) in [5.41, 5.74) is 2.46. The maximum Gasteiger partial charge on any atom is 0.261 e. The van der Waals surface area contributed by atoms with Crippen LogP contribution in [0.2, 0.25) is 0 Å². The summed E-state index contributed by atoms with van der Waals surface area (Å²) in [6, 6.07) is 14.2. The molecule has 2 aromatic carbocycles. The van der Waals surface area contributed by atoms with Gasteiger partial charge in [0.05, 0.1) is 17.9 Å². The van der Waals surface area contributed by atoms with Crippen molar-refractivity contribution >= 4 is 31.3 Å². The number of rotatable bonds is 3. The number of hydrogen-bond acceptors (Lipinski definition) is 3. The Bertz CT molecular complexity index is 803. The zero-order chi connectivity index (χ0) is 15.0. The lowest BCUT2D eigenvalue weighted by atomic mass is 10.1. The Balaban J connectivity index is 1.96. The Morgan fingerprint density at radius 3 is 2.48 bits per heavy atom. The molecule has 0 unspecified atom stereocenters. The normalized spacial score (nSPS) is 14.3. The quantitative estimate of drug-likeness (QED) is 0.817. The van der Waals surface area contributed by atoms with Crippen molar-refractivity contribution in [2.75, 3.05) is 4.90 Å². The van der Waals surface area contributed by atoms with Crippen LogP contribution in [0.3, 0.4) is 0 Å². The molecule has 0 fully saturated rings. The monoisotopic (exact) mass is 321 g/mol. The molecule has 4 nitrogen and oxygen atoms in total. The van der Waals surface area contributed by atoms with Crippen molar-refractivity contribution in [3.05, 3.63) is 59.7 Å². The van der Waals surface area contributed by atoms with Crippen LogP contribution < -0.4 is 4.90 Å². The van der Waals surface area contributed by atoms with Gasteiger partial charge in [-0.3, -0.25) is 4.79 Å². The van der Waals surface area contributed by atoms with Crippen LogP contribution in [0.15, 0.2) is 53.4 Å². The minimum atomic E-state index is -3.78. The van der Waals surface area contributed by atoms with Gasteiger partial charge in [0.25, 0.3) is 9.05 Å². The van der Waals surface area contributed by atoms with Gasteiger partial charge in [-0.1, -0.05) is 30.3 Å². The summed E-state index contributed by atoms with van der Waals surface area (Å²) >= 11 is 0. The fourth-order valence-electron chi connectivity index (χ4n) is 2.45. The molecule has 0 N–H and O–H groups in total. The fourth-order valence-corrected chi connectivity index (χ4v) is 3.25. The van der Waals surface area contributed by atoms with E-state index in [4.69, 9.17) is 10.7 Å². The van der Waals surface area contributed by atoms with Crippen LogP contribution in [-0.2, 0) is 26.8 Å². The maximum absolute atomic E-state index is 12.1. The van der Waals surface area contributed by atoms with Crippen molar-refractivity contribution in [1.82, 2.24) is 0 Å². The van der Waals surface area contributed by atoms with Gasteiger partial charge in [0.1, 0.15) is 0 Å². The largest absolute Gasteiger partial charge is 0.307 e. The molecule has 1 heterocycles. The van der Waals surface area contributed by atoms with E-state index in [0.29, 0.717) is 12.1 Å². The SMILES string of the molecule is O=C1Cc2cc(S(=O)(=O)Cl)ccc2N1Cc1ccccc1. The summed E-state index contributed by atoms with van der Waals surface area (Å²) in [4.78, 5) is 13.8. The Kier molecular flexibility index (Phi) is 3.47. The summed E-state index contributed by atoms with van der Waals surface area (Å²) in [5.74, 6) is -0.0435. The molecule has 0 atom stereocenters. The van der Waals surface area contributed by atoms with Crippen molar-refractivity contribution in [2.24, 2.45) is 0 Å². The van der Waals surface area contributed by atoms with Crippen molar-refractivity contribution in [1.29, 1.82) is 0 Å². The zero-order valence-corrected chi connectivity index (χ0v) is 12.6. The number of hydrogen-bond donors (Lipinski definition) is 0. The molecule has 0 saturated carbocycles. The van der Waals surface area contributed by atoms with E-state index in [1.165, 1.54) is 12.1 Å². The number of amides is 1. The summed E-state index contributed by atoms with van der Waals surface area (Å²) < 4.78 is 22.7. The third kappa shape index (κ3) is 2.80. The smallest absolute Gasteiger partial charge is 0.261 e. The van der Waals surface area contributed by atoms with Gasteiger partial charge in [-0.25, -0.2) is 8.42 Å². The van der Waals surface area contributed by atoms with E-state index >= 15 is 0 Å². The first-order valence-electron chi connectivity index (χ1n) is 6.37. The molecule has 0 bridgehead atoms. The van der Waals surface area contributed by atoms with Crippen LogP contribution >= 0.6 is 10.7 Å². The highest BCUT2D eigenvalue weighted by Gasteiger charge is 2.28. The minimum Gasteiger partial charge on any atom is -0.307 e. The first-order valence-corrected chi connectivity index (χ1v) is 8.68. The standard InChI is InChI=1S/C15H12ClNO3S/c16-21(19,20)13-6-7-14-12(8-13)9-15(18)17(14)10-11-4-2-1-3-5-11/h1-8H,9-10H2. The summed E-state index contributed by atoms with van der Waals surface area (Å²) in [6.07, 6.45) is 0.197. The highest BCUT2D eigenvalue weighted by atomic mass is 35.7. The van der Waals surface area contributed by atoms with Gasteiger partial charge in [0, 0.05) is 16.4 Å². The minimum absolute atomic E-state index is 0.0253. The summed E-state index contributed by atoms with van der Waals surface area (Å²) in [6.45, 7) is 0.472. The predicted molar refractivity (Wildman–Crippen MR) is 80.8 cm³/mol. The zero-order valence-electron chi connectivity index (χ0n) is 11.0. The molecule has 1 amide bonds. The molecule has 1 aliphatic heterocycles. The van der Waals surface area contributed by atoms with Crippen LogP contribution in [0, 0.1) is 0 Å². The molecule has 21 heavy (non-hydrogen) atoms. The van der Waals surface area contributed by atoms with Crippen LogP contribution in [0.4, 0.5) is 5.69 Å². The first-order chi connectivity index (χ1) is 9.95. The number of halogens is 1. The van der Waals surface area contributed by atoms with Gasteiger partial charge < -0.3 is 4.90 Å². The lowest BCUT2D eigenvalue weighted by molar-refractivity contribution is -0.117. The fraction of sp³-hybridized carbons (Fsp3) is 0.133. The maximum atomic E-state index is 12.1. The molecule has 0 saturated heterocycles. The van der Waals surface area contributed by atoms with Gasteiger partial charge >= 0.3 is 0 Å². The van der Waals surface area contributed by atoms with Gasteiger partial charge in [0.2, 0.25) is 5.91 Å². The van der Waals surface area contributed by atoms with E-state index in [1.807, 2.05) is 30.3 Å². The lowest BCUT2D eigenvalue weighted by Crippen LogP contribution is -2.25. The topological polar surface area (TPSA) is 54.5 Å². The van der Waals surface area contributed by atoms with E-state index < -0.39 is 9.05 Å². The molecule has 0 radical (unpaired) electrons. The van der Waals surface area contributed by atoms with Gasteiger partial charge in [0.15, 0.2) is 0 Å². The molecule has 2 aromatic rings. The average molecular weight is 322 g/mol. The number of carbonyl (C=O) groups excluding carboxylic acids is 1. The third-order valence-corrected chi connectivity index (χ3v) is 4.80. The Labute approximate surface area is 127 Å². The molecule has 0 aliphatic carbocycles. The highest BCUT2D eigenvalue weighted by Crippen LogP contribution is 2.32. The highest BCUT2D eigenvalue weighted by molar-refractivity contribution is 8.13. The lowest BCUT2D eigenvalue weighted by Gasteiger charge is -2.17. The van der Waals surface area contributed by atoms with Gasteiger partial charge in [-0.2, -0.15) is 0 Å². The molecule has 1 aliphatic rings. The molecule has 0 aromatic heterocycles. The second-order valence-corrected chi connectivity index (χ2v) is 7.44. The third-order valence-electron chi connectivity index (χ3n) is 3.45. The molecule has 3 rings (SSSR count). The van der Waals surface area contributed by atoms with Crippen LogP contribution in [0.25, 0.3) is 0 Å². The number of fused-ring (bicyclic) bond motifs is 1. The number of benzene rings is 2. The van der Waals surface area contributed by atoms with E-state index in [0.717, 1.165) is 11.3 Å². The van der Waals surface area contributed by atoms with Crippen molar-refractivity contribution in [3.63, 3.8) is 0 Å². The number of carbonyl (C=O) groups is 1. The van der Waals surface area contributed by atoms with Crippen molar-refractivity contribution in [2.45, 2.75) is 17.9 Å². The van der Waals surface area contributed by atoms with Crippen LogP contribution in [-0.4, -0.2) is 14.3 Å². The summed E-state index contributed by atoms with van der Waals surface area (Å²) in [5, 5.41) is 0. The molecular weight excluding hydrogens is 310 g/mol. The van der Waals surface area contributed by atoms with Crippen molar-refractivity contribution < 1.29 is 13.2 Å². The van der Waals surface area contributed by atoms with Crippen LogP contribution in [0.5, 0.6) is 0 Å². The van der Waals surface area contributed by atoms with E-state index in [9.17, 15) is 13.2 Å². The first kappa shape index (κ1) is 14.1. The predicted octanol–water partition coefficient (Wildman–Crippen LogP) is 2.70. The number of nitrogens with zero attached hydrogens (tertiary/aromatic N) is 1. The second kappa shape index (κ2) is 5.16. The molecule has 108 valence electrons. The summed E-state index contributed by atoms with van der Waals surface area (Å²) in [7, 11) is 1.56. The number of anilines is 1. The van der Waals surface area contributed by atoms with Crippen LogP contribution in [0.1, 0.15) is 11.1 Å². The Morgan fingerprint density at radius 2 is 1.81 bits per heavy atom. The average Bonchev–Trinajstić information content (AvgIpc) is 2.75. The molecule has 0 spiro atoms. The van der Waals surface area contributed by atoms with E-state index in [-0.39, 0.29) is 17.2 Å². The van der Waals surface area contributed by atoms with Gasteiger partial charge in [-0.15, -0.1) is 0 Å². The Hall–Kier alpha value is -1.85. The Morgan fingerprint density at radius 1 is 1.10 bits per heavy atom.